The lowest BCUT2D eigenvalue weighted by Crippen LogP contribution is -2.21. The number of amides is 1. The number of nitrogens with one attached hydrogen (secondary N) is 1. The van der Waals surface area contributed by atoms with Gasteiger partial charge in [0.15, 0.2) is 0 Å². The molecule has 1 N–H and O–H groups in total. The fraction of sp³-hybridized carbons (Fsp3) is 0.471. The Labute approximate surface area is 122 Å². The molecule has 1 rings (SSSR count). The van der Waals surface area contributed by atoms with Crippen molar-refractivity contribution in [3.8, 4) is 0 Å². The van der Waals surface area contributed by atoms with E-state index >= 15 is 0 Å². The molecule has 0 saturated heterocycles. The quantitative estimate of drug-likeness (QED) is 0.800. The van der Waals surface area contributed by atoms with Crippen LogP contribution in [0.25, 0.3) is 0 Å². The van der Waals surface area contributed by atoms with Crippen molar-refractivity contribution < 1.29 is 9.53 Å². The summed E-state index contributed by atoms with van der Waals surface area (Å²) in [7, 11) is 0. The Morgan fingerprint density at radius 3 is 2.70 bits per heavy atom. The van der Waals surface area contributed by atoms with Crippen LogP contribution >= 0.6 is 0 Å². The minimum absolute atomic E-state index is 0.0427. The summed E-state index contributed by atoms with van der Waals surface area (Å²) in [5, 5.41) is 2.83. The maximum Gasteiger partial charge on any atom is 0.211 e. The zero-order valence-corrected chi connectivity index (χ0v) is 13.1. The van der Waals surface area contributed by atoms with Crippen LogP contribution in [0.15, 0.2) is 46.7 Å². The van der Waals surface area contributed by atoms with E-state index in [0.29, 0.717) is 13.0 Å². The Kier molecular flexibility index (Phi) is 5.96. The molecule has 0 aromatic heterocycles. The van der Waals surface area contributed by atoms with Gasteiger partial charge in [0.1, 0.15) is 0 Å². The smallest absolute Gasteiger partial charge is 0.211 e. The average Bonchev–Trinajstić information content (AvgIpc) is 2.48. The van der Waals surface area contributed by atoms with Crippen LogP contribution in [0.2, 0.25) is 0 Å². The minimum atomic E-state index is -0.0427. The van der Waals surface area contributed by atoms with Gasteiger partial charge in [0, 0.05) is 17.2 Å². The monoisotopic (exact) mass is 275 g/mol. The Balaban J connectivity index is 3.46. The number of rotatable bonds is 3. The lowest BCUT2D eigenvalue weighted by atomic mass is 9.94. The second-order valence-corrected chi connectivity index (χ2v) is 5.30. The molecule has 1 aliphatic rings. The first-order chi connectivity index (χ1) is 9.42. The molecule has 2 unspecified atom stereocenters. The summed E-state index contributed by atoms with van der Waals surface area (Å²) >= 11 is 0. The molecule has 20 heavy (non-hydrogen) atoms. The highest BCUT2D eigenvalue weighted by Crippen LogP contribution is 2.28. The normalized spacial score (nSPS) is 31.8. The summed E-state index contributed by atoms with van der Waals surface area (Å²) in [4.78, 5) is 11.0. The zero-order chi connectivity index (χ0) is 15.3. The van der Waals surface area contributed by atoms with Crippen molar-refractivity contribution in [2.75, 3.05) is 6.61 Å². The van der Waals surface area contributed by atoms with Crippen molar-refractivity contribution >= 4 is 6.41 Å². The summed E-state index contributed by atoms with van der Waals surface area (Å²) < 4.78 is 5.87. The SMILES string of the molecule is C=C1/C=C(C(/C)=C\C)\C(NC=O)=C(\C)C(C)OCC1C. The van der Waals surface area contributed by atoms with Crippen LogP contribution in [0, 0.1) is 5.92 Å². The van der Waals surface area contributed by atoms with Crippen molar-refractivity contribution in [1.29, 1.82) is 0 Å². The van der Waals surface area contributed by atoms with E-state index in [4.69, 9.17) is 4.74 Å². The molecule has 2 atom stereocenters. The Morgan fingerprint density at radius 1 is 1.50 bits per heavy atom. The first-order valence-electron chi connectivity index (χ1n) is 6.99. The van der Waals surface area contributed by atoms with Gasteiger partial charge in [0.25, 0.3) is 0 Å². The van der Waals surface area contributed by atoms with E-state index < -0.39 is 0 Å². The summed E-state index contributed by atoms with van der Waals surface area (Å²) in [6.07, 6.45) is 4.76. The van der Waals surface area contributed by atoms with E-state index in [1.54, 1.807) is 0 Å². The molecule has 3 nitrogen and oxygen atoms in total. The molecule has 0 bridgehead atoms. The van der Waals surface area contributed by atoms with E-state index in [9.17, 15) is 4.79 Å². The highest BCUT2D eigenvalue weighted by Gasteiger charge is 2.19. The van der Waals surface area contributed by atoms with Gasteiger partial charge in [-0.25, -0.2) is 0 Å². The predicted molar refractivity (Wildman–Crippen MR) is 83.1 cm³/mol. The number of allylic oxidation sites excluding steroid dienone is 3. The van der Waals surface area contributed by atoms with Crippen LogP contribution in [0.1, 0.15) is 34.6 Å². The maximum absolute atomic E-state index is 11.0. The standard InChI is InChI=1S/C17H25NO2/c1-7-11(2)16-8-12(3)13(4)9-20-15(6)14(5)17(16)18-10-19/h7-8,10,13,15H,3,9H2,1-2,4-6H3,(H,18,19)/b11-7-,16-8-,17-14+. The molecule has 110 valence electrons. The molecule has 1 aliphatic heterocycles. The van der Waals surface area contributed by atoms with Crippen molar-refractivity contribution in [1.82, 2.24) is 5.32 Å². The third kappa shape index (κ3) is 3.70. The van der Waals surface area contributed by atoms with Gasteiger partial charge in [-0.15, -0.1) is 0 Å². The fourth-order valence-electron chi connectivity index (χ4n) is 2.05. The maximum atomic E-state index is 11.0. The third-order valence-electron chi connectivity index (χ3n) is 3.89. The van der Waals surface area contributed by atoms with E-state index in [2.05, 4.69) is 24.9 Å². The number of hydrogen-bond donors (Lipinski definition) is 1. The van der Waals surface area contributed by atoms with E-state index in [0.717, 1.165) is 28.0 Å². The molecule has 0 aromatic rings. The van der Waals surface area contributed by atoms with Crippen LogP contribution in [0.4, 0.5) is 0 Å². The van der Waals surface area contributed by atoms with Gasteiger partial charge in [0.05, 0.1) is 12.7 Å². The summed E-state index contributed by atoms with van der Waals surface area (Å²) in [6.45, 7) is 14.9. The van der Waals surface area contributed by atoms with Gasteiger partial charge in [0.2, 0.25) is 6.41 Å². The highest BCUT2D eigenvalue weighted by molar-refractivity contribution is 5.60. The Morgan fingerprint density at radius 2 is 2.15 bits per heavy atom. The van der Waals surface area contributed by atoms with Crippen LogP contribution in [0.5, 0.6) is 0 Å². The van der Waals surface area contributed by atoms with Gasteiger partial charge in [-0.3, -0.25) is 4.79 Å². The summed E-state index contributed by atoms with van der Waals surface area (Å²) in [5.74, 6) is 0.250. The molecule has 1 heterocycles. The molecule has 1 amide bonds. The van der Waals surface area contributed by atoms with Crippen molar-refractivity contribution in [2.45, 2.75) is 40.7 Å². The van der Waals surface area contributed by atoms with Crippen LogP contribution < -0.4 is 5.32 Å². The average molecular weight is 275 g/mol. The molecule has 0 saturated carbocycles. The molecule has 0 spiro atoms. The molecule has 0 radical (unpaired) electrons. The molecular formula is C17H25NO2. The van der Waals surface area contributed by atoms with E-state index in [-0.39, 0.29) is 12.0 Å². The van der Waals surface area contributed by atoms with Crippen LogP contribution in [-0.4, -0.2) is 19.1 Å². The molecule has 0 aliphatic carbocycles. The number of carbonyl (C=O) groups is 1. The summed E-state index contributed by atoms with van der Waals surface area (Å²) in [6, 6.07) is 0. The zero-order valence-electron chi connectivity index (χ0n) is 13.1. The van der Waals surface area contributed by atoms with E-state index in [1.165, 1.54) is 0 Å². The number of carbonyl (C=O) groups excluding carboxylic acids is 1. The highest BCUT2D eigenvalue weighted by atomic mass is 16.5. The Hall–Kier alpha value is -1.61. The molecule has 0 aromatic carbocycles. The Bertz CT molecular complexity index is 483. The third-order valence-corrected chi connectivity index (χ3v) is 3.89. The summed E-state index contributed by atoms with van der Waals surface area (Å²) in [5.41, 5.74) is 4.96. The first kappa shape index (κ1) is 16.4. The van der Waals surface area contributed by atoms with Crippen LogP contribution in [0.3, 0.4) is 0 Å². The van der Waals surface area contributed by atoms with Gasteiger partial charge in [-0.2, -0.15) is 0 Å². The molecule has 3 heteroatoms. The fourth-order valence-corrected chi connectivity index (χ4v) is 2.05. The predicted octanol–water partition coefficient (Wildman–Crippen LogP) is 3.51. The van der Waals surface area contributed by atoms with Gasteiger partial charge >= 0.3 is 0 Å². The second kappa shape index (κ2) is 7.25. The lowest BCUT2D eigenvalue weighted by molar-refractivity contribution is -0.108. The van der Waals surface area contributed by atoms with E-state index in [1.807, 2.05) is 33.8 Å². The molecule has 0 fully saturated rings. The van der Waals surface area contributed by atoms with Crippen molar-refractivity contribution in [3.63, 3.8) is 0 Å². The van der Waals surface area contributed by atoms with Crippen LogP contribution in [-0.2, 0) is 9.53 Å². The van der Waals surface area contributed by atoms with Crippen molar-refractivity contribution in [3.05, 3.63) is 46.7 Å². The number of hydrogen-bond acceptors (Lipinski definition) is 2. The second-order valence-electron chi connectivity index (χ2n) is 5.30. The van der Waals surface area contributed by atoms with Gasteiger partial charge in [-0.05, 0) is 50.5 Å². The van der Waals surface area contributed by atoms with Gasteiger partial charge in [-0.1, -0.05) is 19.6 Å². The topological polar surface area (TPSA) is 38.3 Å². The van der Waals surface area contributed by atoms with Crippen molar-refractivity contribution in [2.24, 2.45) is 5.92 Å². The largest absolute Gasteiger partial charge is 0.373 e. The molecular weight excluding hydrogens is 250 g/mol. The minimum Gasteiger partial charge on any atom is -0.373 e. The van der Waals surface area contributed by atoms with Gasteiger partial charge < -0.3 is 10.1 Å². The number of ether oxygens (including phenoxy) is 1. The first-order valence-corrected chi connectivity index (χ1v) is 6.99. The lowest BCUT2D eigenvalue weighted by Gasteiger charge is -2.19.